The van der Waals surface area contributed by atoms with Crippen molar-refractivity contribution in [2.45, 2.75) is 29.0 Å². The van der Waals surface area contributed by atoms with E-state index in [1.54, 1.807) is 36.7 Å². The van der Waals surface area contributed by atoms with Gasteiger partial charge in [0, 0.05) is 41.4 Å². The molecule has 0 atom stereocenters. The molecule has 2 aromatic heterocycles. The highest BCUT2D eigenvalue weighted by Crippen LogP contribution is 2.45. The minimum absolute atomic E-state index is 0.0572. The van der Waals surface area contributed by atoms with Crippen LogP contribution in [-0.4, -0.2) is 27.8 Å². The van der Waals surface area contributed by atoms with E-state index in [0.29, 0.717) is 20.5 Å². The number of rotatable bonds is 8. The smallest absolute Gasteiger partial charge is 0.407 e. The van der Waals surface area contributed by atoms with Crippen molar-refractivity contribution in [3.05, 3.63) is 135 Å². The third kappa shape index (κ3) is 5.56. The molecule has 0 fully saturated rings. The molecule has 2 heterocycles. The molecule has 9 heteroatoms. The number of aromatic amines is 1. The van der Waals surface area contributed by atoms with Gasteiger partial charge < -0.3 is 20.1 Å². The molecule has 0 saturated carbocycles. The monoisotopic (exact) mass is 595 g/mol. The van der Waals surface area contributed by atoms with Gasteiger partial charge in [-0.1, -0.05) is 84.0 Å². The second-order valence-corrected chi connectivity index (χ2v) is 11.2. The minimum atomic E-state index is -0.561. The van der Waals surface area contributed by atoms with E-state index in [0.717, 1.165) is 38.9 Å². The molecule has 1 amide bonds. The number of carbonyl (C=O) groups is 1. The SMILES string of the molecule is O=C(NCc1c(-c2ccc(=O)[nH]c2)ccc(Cl)c1Sc1ncccc1CO)OCC1c2ccccc2-c2ccccc21. The number of aliphatic hydroxyl groups excluding tert-OH is 1. The molecule has 0 aliphatic heterocycles. The van der Waals surface area contributed by atoms with Gasteiger partial charge in [0.25, 0.3) is 0 Å². The molecule has 5 aromatic rings. The zero-order valence-corrected chi connectivity index (χ0v) is 23.9. The zero-order chi connectivity index (χ0) is 29.1. The lowest BCUT2D eigenvalue weighted by Gasteiger charge is -2.18. The number of hydrogen-bond acceptors (Lipinski definition) is 6. The number of benzene rings is 3. The summed E-state index contributed by atoms with van der Waals surface area (Å²) in [4.78, 5) is 32.6. The first-order chi connectivity index (χ1) is 20.5. The molecule has 0 bridgehead atoms. The predicted octanol–water partition coefficient (Wildman–Crippen LogP) is 6.77. The normalized spacial score (nSPS) is 12.0. The first-order valence-electron chi connectivity index (χ1n) is 13.4. The zero-order valence-electron chi connectivity index (χ0n) is 22.3. The Labute approximate surface area is 251 Å². The first-order valence-corrected chi connectivity index (χ1v) is 14.5. The van der Waals surface area contributed by atoms with Crippen molar-refractivity contribution in [3.63, 3.8) is 0 Å². The molecule has 1 aliphatic rings. The van der Waals surface area contributed by atoms with Crippen LogP contribution in [0.2, 0.25) is 5.02 Å². The molecule has 0 radical (unpaired) electrons. The van der Waals surface area contributed by atoms with E-state index in [-0.39, 0.29) is 31.2 Å². The Hall–Kier alpha value is -4.37. The fourth-order valence-corrected chi connectivity index (χ4v) is 6.61. The fourth-order valence-electron chi connectivity index (χ4n) is 5.28. The van der Waals surface area contributed by atoms with Gasteiger partial charge in [0.2, 0.25) is 5.56 Å². The summed E-state index contributed by atoms with van der Waals surface area (Å²) >= 11 is 8.01. The van der Waals surface area contributed by atoms with Crippen molar-refractivity contribution < 1.29 is 14.6 Å². The maximum atomic E-state index is 13.1. The van der Waals surface area contributed by atoms with Crippen LogP contribution in [0, 0.1) is 0 Å². The number of alkyl carbamates (subject to hydrolysis) is 1. The van der Waals surface area contributed by atoms with E-state index in [9.17, 15) is 14.7 Å². The molecule has 1 aliphatic carbocycles. The molecule has 0 spiro atoms. The van der Waals surface area contributed by atoms with Gasteiger partial charge in [-0.2, -0.15) is 0 Å². The molecule has 42 heavy (non-hydrogen) atoms. The van der Waals surface area contributed by atoms with E-state index in [1.165, 1.54) is 17.8 Å². The quantitative estimate of drug-likeness (QED) is 0.183. The number of hydrogen-bond donors (Lipinski definition) is 3. The Kier molecular flexibility index (Phi) is 8.10. The Morgan fingerprint density at radius 1 is 0.952 bits per heavy atom. The average Bonchev–Trinajstić information content (AvgIpc) is 3.34. The number of carbonyl (C=O) groups excluding carboxylic acids is 1. The number of aromatic nitrogens is 2. The van der Waals surface area contributed by atoms with Gasteiger partial charge in [-0.3, -0.25) is 4.79 Å². The molecular formula is C33H26ClN3O4S. The number of pyridine rings is 2. The Balaban J connectivity index is 1.26. The summed E-state index contributed by atoms with van der Waals surface area (Å²) in [7, 11) is 0. The molecule has 0 saturated heterocycles. The number of fused-ring (bicyclic) bond motifs is 3. The third-order valence-corrected chi connectivity index (χ3v) is 8.94. The number of halogens is 1. The average molecular weight is 596 g/mol. The number of aliphatic hydroxyl groups is 1. The highest BCUT2D eigenvalue weighted by atomic mass is 35.5. The van der Waals surface area contributed by atoms with Crippen molar-refractivity contribution in [3.8, 4) is 22.3 Å². The van der Waals surface area contributed by atoms with Gasteiger partial charge in [-0.15, -0.1) is 0 Å². The highest BCUT2D eigenvalue weighted by Gasteiger charge is 2.29. The van der Waals surface area contributed by atoms with Gasteiger partial charge >= 0.3 is 6.09 Å². The second kappa shape index (κ2) is 12.2. The van der Waals surface area contributed by atoms with Crippen LogP contribution in [0.25, 0.3) is 22.3 Å². The summed E-state index contributed by atoms with van der Waals surface area (Å²) in [6.07, 6.45) is 2.71. The van der Waals surface area contributed by atoms with Crippen LogP contribution in [0.5, 0.6) is 0 Å². The van der Waals surface area contributed by atoms with Crippen LogP contribution < -0.4 is 10.9 Å². The van der Waals surface area contributed by atoms with Crippen molar-refractivity contribution in [1.82, 2.24) is 15.3 Å². The molecule has 3 aromatic carbocycles. The summed E-state index contributed by atoms with van der Waals surface area (Å²) < 4.78 is 5.76. The van der Waals surface area contributed by atoms with Crippen LogP contribution in [0.3, 0.4) is 0 Å². The van der Waals surface area contributed by atoms with Crippen molar-refractivity contribution in [2.75, 3.05) is 6.61 Å². The lowest BCUT2D eigenvalue weighted by atomic mass is 9.98. The summed E-state index contributed by atoms with van der Waals surface area (Å²) in [5.74, 6) is -0.0572. The second-order valence-electron chi connectivity index (χ2n) is 9.75. The summed E-state index contributed by atoms with van der Waals surface area (Å²) in [6, 6.07) is 26.7. The van der Waals surface area contributed by atoms with E-state index < -0.39 is 6.09 Å². The number of ether oxygens (including phenoxy) is 1. The van der Waals surface area contributed by atoms with Gasteiger partial charge in [-0.05, 0) is 57.1 Å². The maximum Gasteiger partial charge on any atom is 0.407 e. The standard InChI is InChI=1S/C33H26ClN3O4S/c34-29-13-12-22(20-11-14-30(39)36-16-20)27(31(29)42-32-21(18-38)6-5-15-35-32)17-37-33(40)41-19-28-25-9-3-1-7-23(25)24-8-2-4-10-26(24)28/h1-16,28,38H,17-19H2,(H,36,39)(H,37,40). The van der Waals surface area contributed by atoms with Crippen LogP contribution in [0.15, 0.2) is 112 Å². The Bertz CT molecular complexity index is 1780. The number of nitrogens with zero attached hydrogens (tertiary/aromatic N) is 1. The lowest BCUT2D eigenvalue weighted by Crippen LogP contribution is -2.26. The number of H-pyrrole nitrogens is 1. The number of nitrogens with one attached hydrogen (secondary N) is 2. The van der Waals surface area contributed by atoms with E-state index in [2.05, 4.69) is 39.6 Å². The molecule has 210 valence electrons. The summed E-state index contributed by atoms with van der Waals surface area (Å²) in [6.45, 7) is 0.119. The van der Waals surface area contributed by atoms with Gasteiger partial charge in [0.1, 0.15) is 11.6 Å². The van der Waals surface area contributed by atoms with Gasteiger partial charge in [0.15, 0.2) is 0 Å². The first kappa shape index (κ1) is 27.8. The fraction of sp³-hybridized carbons (Fsp3) is 0.121. The van der Waals surface area contributed by atoms with Gasteiger partial charge in [-0.25, -0.2) is 9.78 Å². The van der Waals surface area contributed by atoms with Crippen LogP contribution in [0.4, 0.5) is 4.79 Å². The minimum Gasteiger partial charge on any atom is -0.449 e. The van der Waals surface area contributed by atoms with Gasteiger partial charge in [0.05, 0.1) is 11.6 Å². The molecule has 0 unspecified atom stereocenters. The third-order valence-electron chi connectivity index (χ3n) is 7.28. The largest absolute Gasteiger partial charge is 0.449 e. The van der Waals surface area contributed by atoms with Crippen LogP contribution in [-0.2, 0) is 17.9 Å². The van der Waals surface area contributed by atoms with E-state index >= 15 is 0 Å². The topological polar surface area (TPSA) is 104 Å². The summed E-state index contributed by atoms with van der Waals surface area (Å²) in [5.41, 5.74) is 7.27. The lowest BCUT2D eigenvalue weighted by molar-refractivity contribution is 0.142. The maximum absolute atomic E-state index is 13.1. The van der Waals surface area contributed by atoms with Crippen molar-refractivity contribution >= 4 is 29.5 Å². The summed E-state index contributed by atoms with van der Waals surface area (Å²) in [5, 5.41) is 13.8. The predicted molar refractivity (Wildman–Crippen MR) is 164 cm³/mol. The Morgan fingerprint density at radius 3 is 2.38 bits per heavy atom. The van der Waals surface area contributed by atoms with E-state index in [1.807, 2.05) is 30.3 Å². The molecular weight excluding hydrogens is 570 g/mol. The van der Waals surface area contributed by atoms with Crippen LogP contribution >= 0.6 is 23.4 Å². The highest BCUT2D eigenvalue weighted by molar-refractivity contribution is 7.99. The Morgan fingerprint density at radius 2 is 1.69 bits per heavy atom. The van der Waals surface area contributed by atoms with Crippen molar-refractivity contribution in [1.29, 1.82) is 0 Å². The van der Waals surface area contributed by atoms with Crippen molar-refractivity contribution in [2.24, 2.45) is 0 Å². The molecule has 3 N–H and O–H groups in total. The molecule has 7 nitrogen and oxygen atoms in total. The van der Waals surface area contributed by atoms with Crippen LogP contribution in [0.1, 0.15) is 28.2 Å². The number of amides is 1. The molecule has 6 rings (SSSR count). The van der Waals surface area contributed by atoms with E-state index in [4.69, 9.17) is 16.3 Å².